The van der Waals surface area contributed by atoms with Crippen molar-refractivity contribution in [3.63, 3.8) is 0 Å². The smallest absolute Gasteiger partial charge is 0.354 e. The van der Waals surface area contributed by atoms with Gasteiger partial charge >= 0.3 is 7.60 Å². The van der Waals surface area contributed by atoms with Gasteiger partial charge in [0, 0.05) is 44.3 Å². The van der Waals surface area contributed by atoms with Crippen molar-refractivity contribution >= 4 is 59.3 Å². The van der Waals surface area contributed by atoms with Gasteiger partial charge in [-0.2, -0.15) is 0 Å². The monoisotopic (exact) mass is 876 g/mol. The zero-order chi connectivity index (χ0) is 45.9. The molecular formula is C57H57N4O3P. The van der Waals surface area contributed by atoms with Crippen LogP contribution < -0.4 is 5.30 Å². The van der Waals surface area contributed by atoms with E-state index in [1.165, 1.54) is 55.6 Å². The zero-order valence-corrected chi connectivity index (χ0v) is 40.3. The van der Waals surface area contributed by atoms with Crippen molar-refractivity contribution in [2.45, 2.75) is 76.2 Å². The van der Waals surface area contributed by atoms with Gasteiger partial charge in [-0.05, 0) is 192 Å². The van der Waals surface area contributed by atoms with E-state index < -0.39 is 7.60 Å². The molecule has 0 aliphatic carbocycles. The molecule has 8 heteroatoms. The van der Waals surface area contributed by atoms with Gasteiger partial charge in [-0.25, -0.2) is 9.97 Å². The molecule has 328 valence electrons. The van der Waals surface area contributed by atoms with E-state index in [0.29, 0.717) is 5.30 Å². The average molecular weight is 877 g/mol. The number of fused-ring (bicyclic) bond motifs is 8. The number of rotatable bonds is 9. The Morgan fingerprint density at radius 3 is 1.02 bits per heavy atom. The summed E-state index contributed by atoms with van der Waals surface area (Å²) < 4.78 is 25.4. The number of benzene rings is 4. The summed E-state index contributed by atoms with van der Waals surface area (Å²) in [5.41, 5.74) is 26.3. The van der Waals surface area contributed by atoms with Gasteiger partial charge in [0.25, 0.3) is 0 Å². The number of nitrogens with zero attached hydrogens (tertiary/aromatic N) is 2. The number of aromatic amines is 2. The first-order valence-corrected chi connectivity index (χ1v) is 24.1. The second kappa shape index (κ2) is 17.2. The van der Waals surface area contributed by atoms with Crippen molar-refractivity contribution in [2.24, 2.45) is 0 Å². The number of aryl methyl sites for hydroxylation is 9. The molecule has 7 nitrogen and oxygen atoms in total. The molecule has 4 aromatic carbocycles. The van der Waals surface area contributed by atoms with Crippen LogP contribution in [0, 0.1) is 62.3 Å². The highest BCUT2D eigenvalue weighted by atomic mass is 31.2. The number of H-pyrrole nitrogens is 2. The van der Waals surface area contributed by atoms with Crippen LogP contribution in [0.2, 0.25) is 0 Å². The highest BCUT2D eigenvalue weighted by Gasteiger charge is 2.27. The van der Waals surface area contributed by atoms with Crippen molar-refractivity contribution in [1.82, 2.24) is 19.9 Å². The topological polar surface area (TPSA) is 92.9 Å². The summed E-state index contributed by atoms with van der Waals surface area (Å²) in [5, 5.41) is 0.511. The molecule has 3 aromatic heterocycles. The van der Waals surface area contributed by atoms with Gasteiger partial charge in [-0.1, -0.05) is 65.2 Å². The maximum Gasteiger partial charge on any atom is 0.361 e. The van der Waals surface area contributed by atoms with Gasteiger partial charge in [0.15, 0.2) is 0 Å². The highest BCUT2D eigenvalue weighted by molar-refractivity contribution is 7.62. The van der Waals surface area contributed by atoms with E-state index in [9.17, 15) is 4.57 Å². The molecule has 2 aliphatic rings. The maximum absolute atomic E-state index is 13.9. The fourth-order valence-corrected chi connectivity index (χ4v) is 11.9. The summed E-state index contributed by atoms with van der Waals surface area (Å²) in [7, 11) is -3.52. The SMILES string of the molecule is CCOP(=O)(OCC)c1ccc(-c2c3nc(c(-c4c(C)cc(C)cc4C)c4ccc([nH]4)c(-c4c(C)cc(C)cc4C)c4nc(c(-c5c(C)cc(C)cc5C)c5ccc2[nH]5)C=C4)C=C3)cc1. The molecule has 0 saturated heterocycles. The second-order valence-electron chi connectivity index (χ2n) is 17.7. The Kier molecular flexibility index (Phi) is 11.6. The Hall–Kier alpha value is -6.37. The van der Waals surface area contributed by atoms with Gasteiger partial charge in [0.05, 0.1) is 41.3 Å². The molecule has 0 unspecified atom stereocenters. The van der Waals surface area contributed by atoms with E-state index in [1.807, 2.05) is 38.1 Å². The lowest BCUT2D eigenvalue weighted by molar-refractivity contribution is 0.230. The largest absolute Gasteiger partial charge is 0.361 e. The van der Waals surface area contributed by atoms with E-state index >= 15 is 0 Å². The highest BCUT2D eigenvalue weighted by Crippen LogP contribution is 2.48. The minimum atomic E-state index is -3.52. The lowest BCUT2D eigenvalue weighted by Gasteiger charge is -2.17. The van der Waals surface area contributed by atoms with Crippen molar-refractivity contribution < 1.29 is 13.6 Å². The molecule has 0 atom stereocenters. The minimum absolute atomic E-state index is 0.270. The third kappa shape index (κ3) is 7.97. The fourth-order valence-electron chi connectivity index (χ4n) is 10.4. The van der Waals surface area contributed by atoms with Crippen LogP contribution in [0.25, 0.3) is 90.9 Å². The summed E-state index contributed by atoms with van der Waals surface area (Å²) in [5.74, 6) is 0. The van der Waals surface area contributed by atoms with Crippen molar-refractivity contribution in [1.29, 1.82) is 0 Å². The molecule has 0 saturated carbocycles. The standard InChI is InChI=1S/C57H57N4O3P/c1-12-63-65(62,64-13-2)42-16-14-41(15-17-42)54-43-18-20-45(58-43)55(51-35(6)26-32(3)27-36(51)7)47-22-24-49(60-47)57(53-39(10)30-34(5)31-40(53)11)50-25-23-48(61-50)56(46-21-19-44(54)59-46)52-37(8)28-33(4)29-38(52)9/h14-31,58,61H,12-13H2,1-11H3. The third-order valence-electron chi connectivity index (χ3n) is 12.6. The van der Waals surface area contributed by atoms with Crippen LogP contribution in [0.15, 0.2) is 84.9 Å². The van der Waals surface area contributed by atoms with Gasteiger partial charge < -0.3 is 19.0 Å². The number of hydrogen-bond acceptors (Lipinski definition) is 5. The number of hydrogen-bond donors (Lipinski definition) is 2. The molecule has 7 aromatic rings. The molecule has 0 amide bonds. The summed E-state index contributed by atoms with van der Waals surface area (Å²) >= 11 is 0. The first-order chi connectivity index (χ1) is 31.2. The summed E-state index contributed by atoms with van der Waals surface area (Å²) in [6.45, 7) is 23.8. The molecule has 0 fully saturated rings. The van der Waals surface area contributed by atoms with E-state index in [4.69, 9.17) is 19.0 Å². The number of aromatic nitrogens is 4. The lowest BCUT2D eigenvalue weighted by Crippen LogP contribution is -2.10. The summed E-state index contributed by atoms with van der Waals surface area (Å²) in [6, 6.07) is 30.0. The van der Waals surface area contributed by atoms with E-state index in [2.05, 4.69) is 157 Å². The Morgan fingerprint density at radius 1 is 0.415 bits per heavy atom. The second-order valence-corrected chi connectivity index (χ2v) is 19.7. The molecule has 8 bridgehead atoms. The Balaban J connectivity index is 1.47. The molecule has 0 radical (unpaired) electrons. The molecular weight excluding hydrogens is 820 g/mol. The summed E-state index contributed by atoms with van der Waals surface area (Å²) in [4.78, 5) is 19.0. The molecule has 2 aliphatic heterocycles. The first-order valence-electron chi connectivity index (χ1n) is 22.6. The predicted octanol–water partition coefficient (Wildman–Crippen LogP) is 15.0. The summed E-state index contributed by atoms with van der Waals surface area (Å²) in [6.07, 6.45) is 8.60. The van der Waals surface area contributed by atoms with E-state index in [-0.39, 0.29) is 13.2 Å². The lowest BCUT2D eigenvalue weighted by atomic mass is 9.92. The first kappa shape index (κ1) is 43.9. The van der Waals surface area contributed by atoms with E-state index in [1.54, 1.807) is 0 Å². The van der Waals surface area contributed by atoms with E-state index in [0.717, 1.165) is 83.8 Å². The van der Waals surface area contributed by atoms with Crippen LogP contribution in [-0.2, 0) is 13.6 Å². The maximum atomic E-state index is 13.9. The minimum Gasteiger partial charge on any atom is -0.354 e. The molecule has 2 N–H and O–H groups in total. The predicted molar refractivity (Wildman–Crippen MR) is 274 cm³/mol. The van der Waals surface area contributed by atoms with Gasteiger partial charge in [0.2, 0.25) is 0 Å². The third-order valence-corrected chi connectivity index (χ3v) is 14.7. The van der Waals surface area contributed by atoms with Gasteiger partial charge in [0.1, 0.15) is 0 Å². The van der Waals surface area contributed by atoms with Crippen molar-refractivity contribution in [2.75, 3.05) is 13.2 Å². The van der Waals surface area contributed by atoms with Gasteiger partial charge in [-0.15, -0.1) is 0 Å². The molecule has 0 spiro atoms. The van der Waals surface area contributed by atoms with Crippen molar-refractivity contribution in [3.8, 4) is 44.5 Å². The average Bonchev–Trinajstić information content (AvgIpc) is 4.08. The molecule has 9 rings (SSSR count). The number of nitrogens with one attached hydrogen (secondary N) is 2. The van der Waals surface area contributed by atoms with Gasteiger partial charge in [-0.3, -0.25) is 4.57 Å². The Labute approximate surface area is 382 Å². The normalized spacial score (nSPS) is 12.4. The van der Waals surface area contributed by atoms with Crippen molar-refractivity contribution in [3.05, 3.63) is 158 Å². The molecule has 5 heterocycles. The van der Waals surface area contributed by atoms with Crippen LogP contribution in [0.3, 0.4) is 0 Å². The van der Waals surface area contributed by atoms with Crippen LogP contribution >= 0.6 is 7.60 Å². The van der Waals surface area contributed by atoms with Crippen LogP contribution in [-0.4, -0.2) is 33.1 Å². The Morgan fingerprint density at radius 2 is 0.708 bits per heavy atom. The Bertz CT molecular complexity index is 3230. The van der Waals surface area contributed by atoms with Crippen LogP contribution in [0.1, 0.15) is 86.7 Å². The van der Waals surface area contributed by atoms with Crippen LogP contribution in [0.4, 0.5) is 0 Å². The fraction of sp³-hybridized carbons (Fsp3) is 0.228. The van der Waals surface area contributed by atoms with Crippen LogP contribution in [0.5, 0.6) is 0 Å². The zero-order valence-electron chi connectivity index (χ0n) is 39.4. The quantitative estimate of drug-likeness (QED) is 0.141. The molecule has 65 heavy (non-hydrogen) atoms.